The first-order valence-electron chi connectivity index (χ1n) is 8.16. The molecule has 0 unspecified atom stereocenters. The molecule has 1 aliphatic heterocycles. The van der Waals surface area contributed by atoms with Gasteiger partial charge in [0.05, 0.1) is 6.61 Å². The molecule has 0 spiro atoms. The number of rotatable bonds is 6. The summed E-state index contributed by atoms with van der Waals surface area (Å²) in [5.41, 5.74) is 4.00. The molecule has 22 heavy (non-hydrogen) atoms. The molecule has 0 bridgehead atoms. The Kier molecular flexibility index (Phi) is 4.84. The van der Waals surface area contributed by atoms with E-state index in [9.17, 15) is 0 Å². The second-order valence-electron chi connectivity index (χ2n) is 5.61. The second-order valence-corrected chi connectivity index (χ2v) is 5.61. The minimum Gasteiger partial charge on any atom is -0.494 e. The number of anilines is 2. The van der Waals surface area contributed by atoms with Crippen molar-refractivity contribution in [2.24, 2.45) is 0 Å². The van der Waals surface area contributed by atoms with E-state index in [4.69, 9.17) is 4.74 Å². The molecule has 1 heterocycles. The SMILES string of the molecule is CCOc1cccc(NCCN2CCCc3ccccc32)c1. The predicted molar refractivity (Wildman–Crippen MR) is 93.1 cm³/mol. The summed E-state index contributed by atoms with van der Waals surface area (Å²) >= 11 is 0. The van der Waals surface area contributed by atoms with E-state index < -0.39 is 0 Å². The molecule has 0 aromatic heterocycles. The smallest absolute Gasteiger partial charge is 0.121 e. The van der Waals surface area contributed by atoms with Crippen LogP contribution in [0.4, 0.5) is 11.4 Å². The van der Waals surface area contributed by atoms with Gasteiger partial charge in [0.2, 0.25) is 0 Å². The Hall–Kier alpha value is -2.16. The maximum absolute atomic E-state index is 5.54. The molecule has 2 aromatic rings. The van der Waals surface area contributed by atoms with Gasteiger partial charge in [-0.1, -0.05) is 24.3 Å². The first-order valence-corrected chi connectivity index (χ1v) is 8.16. The van der Waals surface area contributed by atoms with Crippen LogP contribution in [-0.2, 0) is 6.42 Å². The van der Waals surface area contributed by atoms with Crippen molar-refractivity contribution in [3.05, 3.63) is 54.1 Å². The van der Waals surface area contributed by atoms with Crippen molar-refractivity contribution >= 4 is 11.4 Å². The van der Waals surface area contributed by atoms with Gasteiger partial charge < -0.3 is 15.0 Å². The number of hydrogen-bond acceptors (Lipinski definition) is 3. The molecule has 0 saturated heterocycles. The van der Waals surface area contributed by atoms with E-state index in [1.807, 2.05) is 19.1 Å². The van der Waals surface area contributed by atoms with Gasteiger partial charge in [0, 0.05) is 37.1 Å². The summed E-state index contributed by atoms with van der Waals surface area (Å²) in [5, 5.41) is 3.50. The zero-order valence-electron chi connectivity index (χ0n) is 13.2. The third kappa shape index (κ3) is 3.53. The van der Waals surface area contributed by atoms with E-state index in [1.165, 1.54) is 24.1 Å². The van der Waals surface area contributed by atoms with Crippen molar-refractivity contribution in [2.45, 2.75) is 19.8 Å². The van der Waals surface area contributed by atoms with Crippen molar-refractivity contribution in [1.82, 2.24) is 0 Å². The molecule has 0 fully saturated rings. The average Bonchev–Trinajstić information content (AvgIpc) is 2.56. The monoisotopic (exact) mass is 296 g/mol. The molecule has 1 aliphatic rings. The second kappa shape index (κ2) is 7.21. The molecule has 3 nitrogen and oxygen atoms in total. The van der Waals surface area contributed by atoms with Gasteiger partial charge in [0.25, 0.3) is 0 Å². The molecular weight excluding hydrogens is 272 g/mol. The van der Waals surface area contributed by atoms with E-state index >= 15 is 0 Å². The first-order chi connectivity index (χ1) is 10.9. The van der Waals surface area contributed by atoms with Crippen LogP contribution in [0.5, 0.6) is 5.75 Å². The molecule has 3 rings (SSSR count). The standard InChI is InChI=1S/C19H24N2O/c1-2-22-18-10-5-9-17(15-18)20-12-14-21-13-6-8-16-7-3-4-11-19(16)21/h3-5,7,9-11,15,20H,2,6,8,12-14H2,1H3. The molecule has 0 saturated carbocycles. The zero-order chi connectivity index (χ0) is 15.2. The highest BCUT2D eigenvalue weighted by molar-refractivity contribution is 5.56. The Balaban J connectivity index is 1.57. The van der Waals surface area contributed by atoms with Crippen LogP contribution in [0.1, 0.15) is 18.9 Å². The summed E-state index contributed by atoms with van der Waals surface area (Å²) in [5.74, 6) is 0.927. The van der Waals surface area contributed by atoms with Gasteiger partial charge in [0.15, 0.2) is 0 Å². The van der Waals surface area contributed by atoms with Crippen molar-refractivity contribution in [3.63, 3.8) is 0 Å². The topological polar surface area (TPSA) is 24.5 Å². The van der Waals surface area contributed by atoms with Gasteiger partial charge in [-0.2, -0.15) is 0 Å². The molecule has 2 aromatic carbocycles. The number of hydrogen-bond donors (Lipinski definition) is 1. The molecule has 116 valence electrons. The van der Waals surface area contributed by atoms with E-state index in [-0.39, 0.29) is 0 Å². The Labute approximate surface area is 132 Å². The minimum absolute atomic E-state index is 0.702. The van der Waals surface area contributed by atoms with Crippen LogP contribution >= 0.6 is 0 Å². The largest absolute Gasteiger partial charge is 0.494 e. The number of nitrogens with one attached hydrogen (secondary N) is 1. The Morgan fingerprint density at radius 1 is 1.14 bits per heavy atom. The lowest BCUT2D eigenvalue weighted by Crippen LogP contribution is -2.33. The minimum atomic E-state index is 0.702. The van der Waals surface area contributed by atoms with Crippen LogP contribution in [0, 0.1) is 0 Å². The van der Waals surface area contributed by atoms with Crippen LogP contribution < -0.4 is 15.0 Å². The van der Waals surface area contributed by atoms with Crippen LogP contribution in [0.15, 0.2) is 48.5 Å². The van der Waals surface area contributed by atoms with E-state index in [2.05, 4.69) is 46.6 Å². The summed E-state index contributed by atoms with van der Waals surface area (Å²) in [7, 11) is 0. The van der Waals surface area contributed by atoms with Crippen LogP contribution in [0.2, 0.25) is 0 Å². The number of para-hydroxylation sites is 1. The van der Waals surface area contributed by atoms with Gasteiger partial charge in [-0.05, 0) is 43.5 Å². The number of benzene rings is 2. The highest BCUT2D eigenvalue weighted by atomic mass is 16.5. The maximum atomic E-state index is 5.54. The van der Waals surface area contributed by atoms with Crippen molar-refractivity contribution in [3.8, 4) is 5.75 Å². The Bertz CT molecular complexity index is 612. The van der Waals surface area contributed by atoms with Gasteiger partial charge >= 0.3 is 0 Å². The number of aryl methyl sites for hydroxylation is 1. The van der Waals surface area contributed by atoms with Crippen molar-refractivity contribution in [2.75, 3.05) is 36.5 Å². The Morgan fingerprint density at radius 2 is 2.05 bits per heavy atom. The zero-order valence-corrected chi connectivity index (χ0v) is 13.2. The van der Waals surface area contributed by atoms with Gasteiger partial charge in [-0.3, -0.25) is 0 Å². The van der Waals surface area contributed by atoms with Crippen LogP contribution in [-0.4, -0.2) is 26.2 Å². The third-order valence-electron chi connectivity index (χ3n) is 4.06. The summed E-state index contributed by atoms with van der Waals surface area (Å²) in [6.45, 7) is 5.82. The van der Waals surface area contributed by atoms with Gasteiger partial charge in [-0.25, -0.2) is 0 Å². The molecule has 0 atom stereocenters. The highest BCUT2D eigenvalue weighted by Gasteiger charge is 2.15. The number of fused-ring (bicyclic) bond motifs is 1. The van der Waals surface area contributed by atoms with Crippen LogP contribution in [0.3, 0.4) is 0 Å². The molecular formula is C19H24N2O. The van der Waals surface area contributed by atoms with Crippen molar-refractivity contribution in [1.29, 1.82) is 0 Å². The lowest BCUT2D eigenvalue weighted by atomic mass is 10.0. The fraction of sp³-hybridized carbons (Fsp3) is 0.368. The number of nitrogens with zero attached hydrogens (tertiary/aromatic N) is 1. The van der Waals surface area contributed by atoms with Gasteiger partial charge in [0.1, 0.15) is 5.75 Å². The predicted octanol–water partition coefficient (Wildman–Crippen LogP) is 3.95. The van der Waals surface area contributed by atoms with Gasteiger partial charge in [-0.15, -0.1) is 0 Å². The molecule has 0 radical (unpaired) electrons. The third-order valence-corrected chi connectivity index (χ3v) is 4.06. The fourth-order valence-electron chi connectivity index (χ4n) is 3.04. The normalized spacial score (nSPS) is 13.6. The van der Waals surface area contributed by atoms with E-state index in [0.717, 1.165) is 31.1 Å². The Morgan fingerprint density at radius 3 is 2.95 bits per heavy atom. The summed E-state index contributed by atoms with van der Waals surface area (Å²) in [6, 6.07) is 16.9. The lowest BCUT2D eigenvalue weighted by Gasteiger charge is -2.31. The summed E-state index contributed by atoms with van der Waals surface area (Å²) < 4.78 is 5.54. The average molecular weight is 296 g/mol. The van der Waals surface area contributed by atoms with E-state index in [0.29, 0.717) is 6.61 Å². The van der Waals surface area contributed by atoms with Crippen molar-refractivity contribution < 1.29 is 4.74 Å². The summed E-state index contributed by atoms with van der Waals surface area (Å²) in [4.78, 5) is 2.48. The van der Waals surface area contributed by atoms with Crippen LogP contribution in [0.25, 0.3) is 0 Å². The molecule has 1 N–H and O–H groups in total. The fourth-order valence-corrected chi connectivity index (χ4v) is 3.04. The lowest BCUT2D eigenvalue weighted by molar-refractivity contribution is 0.340. The summed E-state index contributed by atoms with van der Waals surface area (Å²) in [6.07, 6.45) is 2.45. The highest BCUT2D eigenvalue weighted by Crippen LogP contribution is 2.26. The first kappa shape index (κ1) is 14.8. The maximum Gasteiger partial charge on any atom is 0.121 e. The molecule has 0 aliphatic carbocycles. The molecule has 3 heteroatoms. The molecule has 0 amide bonds. The number of ether oxygens (including phenoxy) is 1. The van der Waals surface area contributed by atoms with E-state index in [1.54, 1.807) is 0 Å². The quantitative estimate of drug-likeness (QED) is 0.873.